The maximum absolute atomic E-state index is 12.7. The van der Waals surface area contributed by atoms with Gasteiger partial charge in [-0.05, 0) is 32.3 Å². The summed E-state index contributed by atoms with van der Waals surface area (Å²) in [5.41, 5.74) is 4.15. The van der Waals surface area contributed by atoms with Crippen molar-refractivity contribution in [1.29, 1.82) is 0 Å². The lowest BCUT2D eigenvalue weighted by Crippen LogP contribution is -2.33. The van der Waals surface area contributed by atoms with Gasteiger partial charge in [-0.15, -0.1) is 0 Å². The van der Waals surface area contributed by atoms with Gasteiger partial charge in [0.2, 0.25) is 5.91 Å². The number of aromatic amines is 1. The first kappa shape index (κ1) is 16.3. The van der Waals surface area contributed by atoms with E-state index in [1.807, 2.05) is 50.9 Å². The Bertz CT molecular complexity index is 614. The van der Waals surface area contributed by atoms with E-state index in [0.717, 1.165) is 17.0 Å². The summed E-state index contributed by atoms with van der Waals surface area (Å²) in [7, 11) is 1.88. The van der Waals surface area contributed by atoms with E-state index in [0.29, 0.717) is 12.5 Å². The number of amides is 1. The monoisotopic (exact) mass is 299 g/mol. The quantitative estimate of drug-likeness (QED) is 0.920. The molecule has 2 rings (SSSR count). The van der Waals surface area contributed by atoms with Crippen LogP contribution in [0.1, 0.15) is 48.2 Å². The van der Waals surface area contributed by atoms with Crippen molar-refractivity contribution >= 4 is 5.91 Å². The maximum Gasteiger partial charge on any atom is 0.229 e. The van der Waals surface area contributed by atoms with E-state index in [9.17, 15) is 4.79 Å². The molecule has 4 heteroatoms. The summed E-state index contributed by atoms with van der Waals surface area (Å²) in [5, 5.41) is 7.15. The molecule has 1 aromatic carbocycles. The van der Waals surface area contributed by atoms with Crippen LogP contribution in [-0.2, 0) is 4.79 Å². The van der Waals surface area contributed by atoms with E-state index in [4.69, 9.17) is 0 Å². The molecule has 1 heterocycles. The minimum absolute atomic E-state index is 0.135. The largest absolute Gasteiger partial charge is 0.345 e. The van der Waals surface area contributed by atoms with E-state index >= 15 is 0 Å². The molecule has 2 atom stereocenters. The van der Waals surface area contributed by atoms with Crippen molar-refractivity contribution in [3.8, 4) is 0 Å². The van der Waals surface area contributed by atoms with Gasteiger partial charge in [0.25, 0.3) is 0 Å². The van der Waals surface area contributed by atoms with Crippen LogP contribution in [0.15, 0.2) is 30.3 Å². The van der Waals surface area contributed by atoms with Gasteiger partial charge in [-0.25, -0.2) is 0 Å². The van der Waals surface area contributed by atoms with Gasteiger partial charge >= 0.3 is 0 Å². The van der Waals surface area contributed by atoms with Gasteiger partial charge in [0.05, 0.1) is 11.6 Å². The lowest BCUT2D eigenvalue weighted by atomic mass is 9.96. The first-order valence-corrected chi connectivity index (χ1v) is 7.73. The Kier molecular flexibility index (Phi) is 5.01. The maximum atomic E-state index is 12.7. The van der Waals surface area contributed by atoms with E-state index in [-0.39, 0.29) is 11.8 Å². The lowest BCUT2D eigenvalue weighted by molar-refractivity contribution is -0.131. The first-order valence-electron chi connectivity index (χ1n) is 7.73. The number of hydrogen-bond donors (Lipinski definition) is 1. The van der Waals surface area contributed by atoms with Crippen LogP contribution in [0.2, 0.25) is 0 Å². The SMILES string of the molecule is Cc1n[nH]c(C)c1C(C)C(=O)N(C)CC(C)c1ccccc1. The summed E-state index contributed by atoms with van der Waals surface area (Å²) in [6.07, 6.45) is 0. The normalized spacial score (nSPS) is 13.7. The molecule has 118 valence electrons. The molecule has 0 fully saturated rings. The Hall–Kier alpha value is -2.10. The van der Waals surface area contributed by atoms with Gasteiger partial charge in [-0.1, -0.05) is 37.3 Å². The van der Waals surface area contributed by atoms with Gasteiger partial charge in [0.1, 0.15) is 0 Å². The Labute approximate surface area is 132 Å². The van der Waals surface area contributed by atoms with Crippen molar-refractivity contribution < 1.29 is 4.79 Å². The molecule has 4 nitrogen and oxygen atoms in total. The average molecular weight is 299 g/mol. The van der Waals surface area contributed by atoms with Crippen LogP contribution in [0.25, 0.3) is 0 Å². The van der Waals surface area contributed by atoms with Crippen LogP contribution in [0.4, 0.5) is 0 Å². The third-order valence-electron chi connectivity index (χ3n) is 4.28. The molecule has 1 N–H and O–H groups in total. The van der Waals surface area contributed by atoms with Crippen LogP contribution < -0.4 is 0 Å². The fourth-order valence-corrected chi connectivity index (χ4v) is 3.04. The molecule has 1 aromatic heterocycles. The minimum atomic E-state index is -0.174. The number of benzene rings is 1. The summed E-state index contributed by atoms with van der Waals surface area (Å²) >= 11 is 0. The number of rotatable bonds is 5. The second-order valence-corrected chi connectivity index (χ2v) is 6.10. The van der Waals surface area contributed by atoms with E-state index in [2.05, 4.69) is 29.3 Å². The Morgan fingerprint density at radius 1 is 1.23 bits per heavy atom. The molecule has 0 aliphatic heterocycles. The summed E-state index contributed by atoms with van der Waals surface area (Å²) in [6, 6.07) is 10.3. The molecule has 2 unspecified atom stereocenters. The van der Waals surface area contributed by atoms with Gasteiger partial charge in [0.15, 0.2) is 0 Å². The average Bonchev–Trinajstić information content (AvgIpc) is 2.85. The summed E-state index contributed by atoms with van der Waals surface area (Å²) in [5.74, 6) is 0.274. The van der Waals surface area contributed by atoms with Gasteiger partial charge in [-0.2, -0.15) is 5.10 Å². The second-order valence-electron chi connectivity index (χ2n) is 6.10. The highest BCUT2D eigenvalue weighted by molar-refractivity contribution is 5.83. The highest BCUT2D eigenvalue weighted by Gasteiger charge is 2.25. The third kappa shape index (κ3) is 3.38. The summed E-state index contributed by atoms with van der Waals surface area (Å²) in [6.45, 7) is 8.72. The standard InChI is InChI=1S/C18H25N3O/c1-12(16-9-7-6-8-10-16)11-21(5)18(22)13(2)17-14(3)19-20-15(17)4/h6-10,12-13H,11H2,1-5H3,(H,19,20). The molecule has 0 bridgehead atoms. The predicted molar refractivity (Wildman–Crippen MR) is 89.0 cm³/mol. The van der Waals surface area contributed by atoms with Crippen LogP contribution in [0.3, 0.4) is 0 Å². The smallest absolute Gasteiger partial charge is 0.229 e. The molecule has 0 saturated carbocycles. The molecule has 0 saturated heterocycles. The fourth-order valence-electron chi connectivity index (χ4n) is 3.04. The highest BCUT2D eigenvalue weighted by Crippen LogP contribution is 2.24. The molecule has 2 aromatic rings. The van der Waals surface area contributed by atoms with Crippen molar-refractivity contribution in [3.63, 3.8) is 0 Å². The van der Waals surface area contributed by atoms with E-state index in [1.165, 1.54) is 5.56 Å². The molecular weight excluding hydrogens is 274 g/mol. The first-order chi connectivity index (χ1) is 10.4. The fraction of sp³-hybridized carbons (Fsp3) is 0.444. The zero-order chi connectivity index (χ0) is 16.3. The van der Waals surface area contributed by atoms with Crippen molar-refractivity contribution in [1.82, 2.24) is 15.1 Å². The molecule has 0 spiro atoms. The zero-order valence-corrected chi connectivity index (χ0v) is 14.1. The van der Waals surface area contributed by atoms with E-state index < -0.39 is 0 Å². The van der Waals surface area contributed by atoms with Crippen LogP contribution in [0, 0.1) is 13.8 Å². The Balaban J connectivity index is 2.06. The third-order valence-corrected chi connectivity index (χ3v) is 4.28. The van der Waals surface area contributed by atoms with Crippen molar-refractivity contribution in [2.24, 2.45) is 0 Å². The molecule has 0 radical (unpaired) electrons. The molecular formula is C18H25N3O. The number of nitrogens with zero attached hydrogens (tertiary/aromatic N) is 2. The van der Waals surface area contributed by atoms with E-state index in [1.54, 1.807) is 0 Å². The number of likely N-dealkylation sites (N-methyl/N-ethyl adjacent to an activating group) is 1. The van der Waals surface area contributed by atoms with Crippen molar-refractivity contribution in [2.45, 2.75) is 39.5 Å². The van der Waals surface area contributed by atoms with Gasteiger partial charge in [-0.3, -0.25) is 9.89 Å². The van der Waals surface area contributed by atoms with Crippen LogP contribution >= 0.6 is 0 Å². The number of aryl methyl sites for hydroxylation is 2. The number of hydrogen-bond acceptors (Lipinski definition) is 2. The Morgan fingerprint density at radius 3 is 2.41 bits per heavy atom. The van der Waals surface area contributed by atoms with Crippen LogP contribution in [-0.4, -0.2) is 34.6 Å². The molecule has 1 amide bonds. The lowest BCUT2D eigenvalue weighted by Gasteiger charge is -2.25. The summed E-state index contributed by atoms with van der Waals surface area (Å²) in [4.78, 5) is 14.5. The van der Waals surface area contributed by atoms with Gasteiger partial charge < -0.3 is 4.90 Å². The molecule has 22 heavy (non-hydrogen) atoms. The number of carbonyl (C=O) groups is 1. The minimum Gasteiger partial charge on any atom is -0.345 e. The summed E-state index contributed by atoms with van der Waals surface area (Å²) < 4.78 is 0. The number of aromatic nitrogens is 2. The highest BCUT2D eigenvalue weighted by atomic mass is 16.2. The van der Waals surface area contributed by atoms with Crippen LogP contribution in [0.5, 0.6) is 0 Å². The number of H-pyrrole nitrogens is 1. The topological polar surface area (TPSA) is 49.0 Å². The van der Waals surface area contributed by atoms with Crippen molar-refractivity contribution in [2.75, 3.05) is 13.6 Å². The molecule has 0 aliphatic carbocycles. The number of carbonyl (C=O) groups excluding carboxylic acids is 1. The number of nitrogens with one attached hydrogen (secondary N) is 1. The Morgan fingerprint density at radius 2 is 1.86 bits per heavy atom. The zero-order valence-electron chi connectivity index (χ0n) is 14.1. The second kappa shape index (κ2) is 6.77. The predicted octanol–water partition coefficient (Wildman–Crippen LogP) is 3.39. The van der Waals surface area contributed by atoms with Gasteiger partial charge in [0, 0.05) is 24.8 Å². The molecule has 0 aliphatic rings. The van der Waals surface area contributed by atoms with Crippen molar-refractivity contribution in [3.05, 3.63) is 52.8 Å².